The van der Waals surface area contributed by atoms with E-state index in [9.17, 15) is 9.18 Å². The van der Waals surface area contributed by atoms with Crippen LogP contribution in [0.25, 0.3) is 0 Å². The van der Waals surface area contributed by atoms with Gasteiger partial charge in [0.1, 0.15) is 5.82 Å². The molecule has 0 N–H and O–H groups in total. The molecule has 0 fully saturated rings. The molecule has 1 aliphatic rings. The normalized spacial score (nSPS) is 16.5. The number of carbonyl (C=O) groups is 1. The van der Waals surface area contributed by atoms with E-state index < -0.39 is 11.9 Å². The second-order valence-corrected chi connectivity index (χ2v) is 6.20. The van der Waals surface area contributed by atoms with Gasteiger partial charge in [0, 0.05) is 26.2 Å². The van der Waals surface area contributed by atoms with Crippen LogP contribution in [0.4, 0.5) is 4.39 Å². The third-order valence-electron chi connectivity index (χ3n) is 3.99. The fourth-order valence-electron chi connectivity index (χ4n) is 2.66. The Bertz CT molecular complexity index is 800. The molecule has 3 rings (SSSR count). The Labute approximate surface area is 149 Å². The molecule has 0 spiro atoms. The van der Waals surface area contributed by atoms with Crippen LogP contribution in [0, 0.1) is 5.82 Å². The Kier molecular flexibility index (Phi) is 5.03. The summed E-state index contributed by atoms with van der Waals surface area (Å²) in [7, 11) is 1.67. The number of rotatable bonds is 5. The van der Waals surface area contributed by atoms with Crippen molar-refractivity contribution >= 4 is 23.2 Å². The zero-order valence-electron chi connectivity index (χ0n) is 13.9. The van der Waals surface area contributed by atoms with E-state index in [0.29, 0.717) is 12.3 Å². The third-order valence-corrected chi connectivity index (χ3v) is 4.31. The molecule has 0 saturated heterocycles. The Morgan fingerprint density at radius 3 is 2.96 bits per heavy atom. The van der Waals surface area contributed by atoms with Gasteiger partial charge in [-0.05, 0) is 25.1 Å². The summed E-state index contributed by atoms with van der Waals surface area (Å²) in [5, 5.41) is 8.46. The fraction of sp³-hybridized carbons (Fsp3) is 0.353. The zero-order chi connectivity index (χ0) is 18.0. The molecule has 0 aliphatic carbocycles. The van der Waals surface area contributed by atoms with Crippen molar-refractivity contribution in [1.29, 1.82) is 0 Å². The molecule has 1 aromatic heterocycles. The van der Waals surface area contributed by atoms with Gasteiger partial charge in [-0.1, -0.05) is 22.8 Å². The number of amides is 1. The number of nitrogens with zero attached hydrogens (tertiary/aromatic N) is 4. The summed E-state index contributed by atoms with van der Waals surface area (Å²) in [6, 6.07) is 6.26. The Balaban J connectivity index is 1.65. The van der Waals surface area contributed by atoms with Gasteiger partial charge in [-0.25, -0.2) is 4.39 Å². The van der Waals surface area contributed by atoms with E-state index in [2.05, 4.69) is 10.3 Å². The lowest BCUT2D eigenvalue weighted by Crippen LogP contribution is -2.36. The van der Waals surface area contributed by atoms with Crippen molar-refractivity contribution in [1.82, 2.24) is 14.7 Å². The topological polar surface area (TPSA) is 59.7 Å². The minimum absolute atomic E-state index is 0.174. The van der Waals surface area contributed by atoms with Gasteiger partial charge < -0.3 is 9.74 Å². The molecule has 1 aromatic carbocycles. The lowest BCUT2D eigenvalue weighted by molar-refractivity contribution is -0.141. The molecule has 8 heteroatoms. The lowest BCUT2D eigenvalue weighted by atomic mass is 10.0. The molecule has 2 aromatic rings. The highest BCUT2D eigenvalue weighted by molar-refractivity contribution is 6.34. The monoisotopic (exact) mass is 364 g/mol. The maximum Gasteiger partial charge on any atom is 0.267 e. The highest BCUT2D eigenvalue weighted by Gasteiger charge is 2.33. The van der Waals surface area contributed by atoms with E-state index in [1.54, 1.807) is 17.8 Å². The molecule has 25 heavy (non-hydrogen) atoms. The van der Waals surface area contributed by atoms with Gasteiger partial charge in [-0.3, -0.25) is 9.48 Å². The van der Waals surface area contributed by atoms with Crippen LogP contribution in [0.2, 0.25) is 5.02 Å². The number of halogens is 2. The smallest absolute Gasteiger partial charge is 0.267 e. The van der Waals surface area contributed by atoms with Gasteiger partial charge in [0.25, 0.3) is 5.91 Å². The van der Waals surface area contributed by atoms with E-state index in [-0.39, 0.29) is 22.9 Å². The van der Waals surface area contributed by atoms with Crippen LogP contribution < -0.4 is 0 Å². The first-order valence-corrected chi connectivity index (χ1v) is 8.31. The SMILES string of the molecule is CCn1ccc(CN(C)C(=O)C2CC(c3c(F)cccc3Cl)=NO2)n1. The van der Waals surface area contributed by atoms with Crippen LogP contribution in [0.15, 0.2) is 35.6 Å². The van der Waals surface area contributed by atoms with Crippen LogP contribution >= 0.6 is 11.6 Å². The van der Waals surface area contributed by atoms with Crippen LogP contribution in [0.5, 0.6) is 0 Å². The summed E-state index contributed by atoms with van der Waals surface area (Å²) in [5.41, 5.74) is 1.31. The predicted molar refractivity (Wildman–Crippen MR) is 91.8 cm³/mol. The summed E-state index contributed by atoms with van der Waals surface area (Å²) in [4.78, 5) is 19.3. The van der Waals surface area contributed by atoms with Crippen molar-refractivity contribution in [2.45, 2.75) is 32.5 Å². The van der Waals surface area contributed by atoms with Gasteiger partial charge in [-0.2, -0.15) is 5.10 Å². The Morgan fingerprint density at radius 1 is 1.48 bits per heavy atom. The van der Waals surface area contributed by atoms with Gasteiger partial charge in [0.2, 0.25) is 6.10 Å². The standard InChI is InChI=1S/C17H18ClFN4O2/c1-3-23-8-7-11(20-23)10-22(2)17(24)15-9-14(21-25-15)16-12(18)5-4-6-13(16)19/h4-8,15H,3,9-10H2,1-2H3. The van der Waals surface area contributed by atoms with E-state index in [4.69, 9.17) is 16.4 Å². The average molecular weight is 365 g/mol. The summed E-state index contributed by atoms with van der Waals surface area (Å²) in [5.74, 6) is -0.723. The molecule has 0 radical (unpaired) electrons. The van der Waals surface area contributed by atoms with Crippen LogP contribution in [0.3, 0.4) is 0 Å². The van der Waals surface area contributed by atoms with E-state index in [1.165, 1.54) is 17.0 Å². The molecule has 2 heterocycles. The van der Waals surface area contributed by atoms with Crippen molar-refractivity contribution in [3.8, 4) is 0 Å². The third kappa shape index (κ3) is 3.66. The Hall–Kier alpha value is -2.41. The molecule has 1 unspecified atom stereocenters. The van der Waals surface area contributed by atoms with Crippen molar-refractivity contribution in [2.24, 2.45) is 5.16 Å². The van der Waals surface area contributed by atoms with E-state index in [1.807, 2.05) is 19.2 Å². The first-order chi connectivity index (χ1) is 12.0. The lowest BCUT2D eigenvalue weighted by Gasteiger charge is -2.18. The minimum Gasteiger partial charge on any atom is -0.382 e. The largest absolute Gasteiger partial charge is 0.382 e. The number of carbonyl (C=O) groups excluding carboxylic acids is 1. The number of aromatic nitrogens is 2. The molecule has 1 amide bonds. The van der Waals surface area contributed by atoms with Gasteiger partial charge >= 0.3 is 0 Å². The highest BCUT2D eigenvalue weighted by atomic mass is 35.5. The molecular weight excluding hydrogens is 347 g/mol. The number of aryl methyl sites for hydroxylation is 1. The van der Waals surface area contributed by atoms with Gasteiger partial charge in [0.05, 0.1) is 28.5 Å². The van der Waals surface area contributed by atoms with Gasteiger partial charge in [-0.15, -0.1) is 0 Å². The number of benzene rings is 1. The molecular formula is C17H18ClFN4O2. The van der Waals surface area contributed by atoms with Crippen molar-refractivity contribution < 1.29 is 14.0 Å². The van der Waals surface area contributed by atoms with Crippen LogP contribution in [-0.2, 0) is 22.7 Å². The second kappa shape index (κ2) is 7.23. The molecule has 1 atom stereocenters. The highest BCUT2D eigenvalue weighted by Crippen LogP contribution is 2.26. The van der Waals surface area contributed by atoms with Crippen molar-refractivity contribution in [3.05, 3.63) is 52.6 Å². The summed E-state index contributed by atoms with van der Waals surface area (Å²) < 4.78 is 15.8. The first kappa shape index (κ1) is 17.4. The molecule has 132 valence electrons. The van der Waals surface area contributed by atoms with E-state index >= 15 is 0 Å². The zero-order valence-corrected chi connectivity index (χ0v) is 14.7. The summed E-state index contributed by atoms with van der Waals surface area (Å²) in [6.45, 7) is 3.12. The second-order valence-electron chi connectivity index (χ2n) is 5.79. The fourth-order valence-corrected chi connectivity index (χ4v) is 2.93. The van der Waals surface area contributed by atoms with Crippen LogP contribution in [0.1, 0.15) is 24.6 Å². The molecule has 6 nitrogen and oxygen atoms in total. The average Bonchev–Trinajstić information content (AvgIpc) is 3.23. The first-order valence-electron chi connectivity index (χ1n) is 7.94. The predicted octanol–water partition coefficient (Wildman–Crippen LogP) is 2.85. The summed E-state index contributed by atoms with van der Waals surface area (Å²) >= 11 is 6.04. The molecule has 1 aliphatic heterocycles. The van der Waals surface area contributed by atoms with Gasteiger partial charge in [0.15, 0.2) is 0 Å². The van der Waals surface area contributed by atoms with Crippen molar-refractivity contribution in [2.75, 3.05) is 7.05 Å². The van der Waals surface area contributed by atoms with Crippen LogP contribution in [-0.4, -0.2) is 39.5 Å². The maximum absolute atomic E-state index is 14.0. The van der Waals surface area contributed by atoms with E-state index in [0.717, 1.165) is 12.2 Å². The van der Waals surface area contributed by atoms with Crippen molar-refractivity contribution in [3.63, 3.8) is 0 Å². The number of likely N-dealkylation sites (N-methyl/N-ethyl adjacent to an activating group) is 1. The summed E-state index contributed by atoms with van der Waals surface area (Å²) in [6.07, 6.45) is 1.25. The number of oxime groups is 1. The molecule has 0 saturated carbocycles. The minimum atomic E-state index is -0.788. The quantitative estimate of drug-likeness (QED) is 0.819. The Morgan fingerprint density at radius 2 is 2.28 bits per heavy atom. The molecule has 0 bridgehead atoms. The number of hydrogen-bond donors (Lipinski definition) is 0. The maximum atomic E-state index is 14.0. The number of hydrogen-bond acceptors (Lipinski definition) is 4.